The van der Waals surface area contributed by atoms with Gasteiger partial charge in [-0.1, -0.05) is 28.9 Å². The lowest BCUT2D eigenvalue weighted by atomic mass is 10.0. The van der Waals surface area contributed by atoms with E-state index < -0.39 is 5.97 Å². The van der Waals surface area contributed by atoms with Gasteiger partial charge in [0, 0.05) is 15.8 Å². The first-order valence-electron chi connectivity index (χ1n) is 5.79. The molecule has 0 bridgehead atoms. The first kappa shape index (κ1) is 12.4. The maximum absolute atomic E-state index is 11.8. The summed E-state index contributed by atoms with van der Waals surface area (Å²) in [7, 11) is 0. The second-order valence-corrected chi connectivity index (χ2v) is 5.68. The van der Waals surface area contributed by atoms with Gasteiger partial charge in [0.05, 0.1) is 10.9 Å². The first-order chi connectivity index (χ1) is 9.20. The van der Waals surface area contributed by atoms with E-state index in [-0.39, 0.29) is 5.71 Å². The van der Waals surface area contributed by atoms with Crippen LogP contribution in [0, 0.1) is 0 Å². The van der Waals surface area contributed by atoms with Gasteiger partial charge in [0.2, 0.25) is 0 Å². The molecule has 0 spiro atoms. The summed E-state index contributed by atoms with van der Waals surface area (Å²) in [5, 5.41) is 4.86. The molecule has 4 nitrogen and oxygen atoms in total. The molecule has 1 aliphatic heterocycles. The molecule has 2 heterocycles. The summed E-state index contributed by atoms with van der Waals surface area (Å²) in [4.78, 5) is 17.0. The summed E-state index contributed by atoms with van der Waals surface area (Å²) in [5.41, 5.74) is 1.91. The molecule has 0 N–H and O–H groups in total. The summed E-state index contributed by atoms with van der Waals surface area (Å²) in [6, 6.07) is 5.69. The molecule has 0 fully saturated rings. The predicted molar refractivity (Wildman–Crippen MR) is 74.8 cm³/mol. The fourth-order valence-electron chi connectivity index (χ4n) is 2.05. The van der Waals surface area contributed by atoms with Gasteiger partial charge in [0.15, 0.2) is 5.71 Å². The number of fused-ring (bicyclic) bond motifs is 3. The Bertz CT molecular complexity index is 692. The third-order valence-corrected chi connectivity index (χ3v) is 4.19. The van der Waals surface area contributed by atoms with Crippen LogP contribution in [0.5, 0.6) is 0 Å². The third kappa shape index (κ3) is 2.09. The van der Waals surface area contributed by atoms with Crippen molar-refractivity contribution in [1.82, 2.24) is 0 Å². The zero-order valence-electron chi connectivity index (χ0n) is 10.1. The molecule has 1 aliphatic rings. The normalized spacial score (nSPS) is 13.7. The summed E-state index contributed by atoms with van der Waals surface area (Å²) in [6.07, 6.45) is 0. The summed E-state index contributed by atoms with van der Waals surface area (Å²) >= 11 is 7.50. The zero-order valence-corrected chi connectivity index (χ0v) is 11.7. The maximum atomic E-state index is 11.8. The van der Waals surface area contributed by atoms with Crippen molar-refractivity contribution in [3.8, 4) is 0 Å². The van der Waals surface area contributed by atoms with Gasteiger partial charge in [-0.2, -0.15) is 0 Å². The zero-order chi connectivity index (χ0) is 13.4. The van der Waals surface area contributed by atoms with Crippen LogP contribution in [-0.2, 0) is 21.0 Å². The number of ether oxygens (including phenoxy) is 1. The van der Waals surface area contributed by atoms with Gasteiger partial charge in [-0.3, -0.25) is 0 Å². The van der Waals surface area contributed by atoms with Gasteiger partial charge in [-0.25, -0.2) is 4.79 Å². The largest absolute Gasteiger partial charge is 0.461 e. The van der Waals surface area contributed by atoms with Crippen molar-refractivity contribution in [2.24, 2.45) is 5.16 Å². The van der Waals surface area contributed by atoms with Crippen LogP contribution in [-0.4, -0.2) is 18.3 Å². The molecular formula is C13H10ClNO3S. The van der Waals surface area contributed by atoms with Crippen molar-refractivity contribution < 1.29 is 14.4 Å². The summed E-state index contributed by atoms with van der Waals surface area (Å²) < 4.78 is 6.72. The highest BCUT2D eigenvalue weighted by molar-refractivity contribution is 7.22. The SMILES string of the molecule is CCOC(=O)C1=NOCc2c1ccc1cc(Cl)sc21. The van der Waals surface area contributed by atoms with Crippen molar-refractivity contribution in [3.63, 3.8) is 0 Å². The molecule has 98 valence electrons. The number of carbonyl (C=O) groups is 1. The van der Waals surface area contributed by atoms with Gasteiger partial charge in [-0.15, -0.1) is 11.3 Å². The predicted octanol–water partition coefficient (Wildman–Crippen LogP) is 3.35. The van der Waals surface area contributed by atoms with Crippen LogP contribution < -0.4 is 0 Å². The van der Waals surface area contributed by atoms with Crippen molar-refractivity contribution in [2.75, 3.05) is 6.61 Å². The van der Waals surface area contributed by atoms with Crippen LogP contribution in [0.1, 0.15) is 18.1 Å². The molecular weight excluding hydrogens is 286 g/mol. The van der Waals surface area contributed by atoms with Gasteiger partial charge in [0.25, 0.3) is 0 Å². The second-order valence-electron chi connectivity index (χ2n) is 3.99. The molecule has 0 radical (unpaired) electrons. The van der Waals surface area contributed by atoms with E-state index >= 15 is 0 Å². The Hall–Kier alpha value is -1.59. The van der Waals surface area contributed by atoms with Crippen LogP contribution in [0.25, 0.3) is 10.1 Å². The molecule has 0 aliphatic carbocycles. The molecule has 3 rings (SSSR count). The van der Waals surface area contributed by atoms with Crippen LogP contribution in [0.3, 0.4) is 0 Å². The lowest BCUT2D eigenvalue weighted by molar-refractivity contribution is -0.135. The highest BCUT2D eigenvalue weighted by Crippen LogP contribution is 2.35. The smallest absolute Gasteiger partial charge is 0.361 e. The molecule has 0 amide bonds. The first-order valence-corrected chi connectivity index (χ1v) is 6.98. The number of carbonyl (C=O) groups excluding carboxylic acids is 1. The van der Waals surface area contributed by atoms with Gasteiger partial charge >= 0.3 is 5.97 Å². The number of benzene rings is 1. The molecule has 0 unspecified atom stereocenters. The molecule has 6 heteroatoms. The average Bonchev–Trinajstić information content (AvgIpc) is 2.79. The van der Waals surface area contributed by atoms with E-state index in [2.05, 4.69) is 5.16 Å². The van der Waals surface area contributed by atoms with Crippen LogP contribution in [0.4, 0.5) is 0 Å². The molecule has 2 aromatic rings. The van der Waals surface area contributed by atoms with Crippen molar-refractivity contribution >= 4 is 44.7 Å². The minimum atomic E-state index is -0.467. The van der Waals surface area contributed by atoms with Crippen molar-refractivity contribution in [2.45, 2.75) is 13.5 Å². The lowest BCUT2D eigenvalue weighted by Gasteiger charge is -2.16. The Morgan fingerprint density at radius 3 is 3.21 bits per heavy atom. The van der Waals surface area contributed by atoms with E-state index in [0.717, 1.165) is 21.2 Å². The highest BCUT2D eigenvalue weighted by atomic mass is 35.5. The Labute approximate surface area is 118 Å². The van der Waals surface area contributed by atoms with Crippen LogP contribution in [0.15, 0.2) is 23.4 Å². The number of oxime groups is 1. The topological polar surface area (TPSA) is 47.9 Å². The highest BCUT2D eigenvalue weighted by Gasteiger charge is 2.25. The van der Waals surface area contributed by atoms with Crippen LogP contribution >= 0.6 is 22.9 Å². The number of halogens is 1. The minimum absolute atomic E-state index is 0.217. The fraction of sp³-hybridized carbons (Fsp3) is 0.231. The van der Waals surface area contributed by atoms with Crippen LogP contribution in [0.2, 0.25) is 4.34 Å². The number of hydrogen-bond acceptors (Lipinski definition) is 5. The van der Waals surface area contributed by atoms with Gasteiger partial charge in [-0.05, 0) is 18.4 Å². The molecule has 0 atom stereocenters. The Kier molecular flexibility index (Phi) is 3.16. The standard InChI is InChI=1S/C13H10ClNO3S/c1-2-17-13(16)11-8-4-3-7-5-10(14)19-12(7)9(8)6-18-15-11/h3-5H,2,6H2,1H3. The number of hydrogen-bond donors (Lipinski definition) is 0. The van der Waals surface area contributed by atoms with Crippen molar-refractivity contribution in [3.05, 3.63) is 33.7 Å². The van der Waals surface area contributed by atoms with E-state index in [1.54, 1.807) is 6.92 Å². The molecule has 19 heavy (non-hydrogen) atoms. The van der Waals surface area contributed by atoms with Gasteiger partial charge < -0.3 is 9.57 Å². The summed E-state index contributed by atoms with van der Waals surface area (Å²) in [5.74, 6) is -0.467. The third-order valence-electron chi connectivity index (χ3n) is 2.85. The summed E-state index contributed by atoms with van der Waals surface area (Å²) in [6.45, 7) is 2.40. The second kappa shape index (κ2) is 4.83. The Morgan fingerprint density at radius 2 is 2.42 bits per heavy atom. The van der Waals surface area contributed by atoms with E-state index in [1.165, 1.54) is 11.3 Å². The Morgan fingerprint density at radius 1 is 1.58 bits per heavy atom. The molecule has 1 aromatic heterocycles. The van der Waals surface area contributed by atoms with Crippen molar-refractivity contribution in [1.29, 1.82) is 0 Å². The fourth-order valence-corrected chi connectivity index (χ4v) is 3.32. The Balaban J connectivity index is 2.14. The lowest BCUT2D eigenvalue weighted by Crippen LogP contribution is -2.23. The molecule has 0 saturated heterocycles. The monoisotopic (exact) mass is 295 g/mol. The minimum Gasteiger partial charge on any atom is -0.461 e. The molecule has 0 saturated carbocycles. The number of thiophene rings is 1. The van der Waals surface area contributed by atoms with E-state index in [9.17, 15) is 4.79 Å². The van der Waals surface area contributed by atoms with E-state index in [1.807, 2.05) is 18.2 Å². The van der Waals surface area contributed by atoms with E-state index in [0.29, 0.717) is 17.6 Å². The van der Waals surface area contributed by atoms with Gasteiger partial charge in [0.1, 0.15) is 6.61 Å². The maximum Gasteiger partial charge on any atom is 0.361 e. The molecule has 1 aromatic carbocycles. The average molecular weight is 296 g/mol. The number of rotatable bonds is 2. The number of nitrogens with zero attached hydrogens (tertiary/aromatic N) is 1. The van der Waals surface area contributed by atoms with E-state index in [4.69, 9.17) is 21.2 Å². The quantitative estimate of drug-likeness (QED) is 0.798. The number of esters is 1.